The molecule has 0 bridgehead atoms. The largest absolute Gasteiger partial charge is 0.354 e. The van der Waals surface area contributed by atoms with E-state index in [1.54, 1.807) is 12.1 Å². The van der Waals surface area contributed by atoms with Gasteiger partial charge < -0.3 is 4.90 Å². The summed E-state index contributed by atoms with van der Waals surface area (Å²) < 4.78 is 27.3. The predicted molar refractivity (Wildman–Crippen MR) is 79.3 cm³/mol. The fourth-order valence-electron chi connectivity index (χ4n) is 2.83. The van der Waals surface area contributed by atoms with E-state index in [0.29, 0.717) is 18.7 Å². The van der Waals surface area contributed by atoms with Gasteiger partial charge in [0.15, 0.2) is 0 Å². The number of hydrogen-bond acceptors (Lipinski definition) is 5. The summed E-state index contributed by atoms with van der Waals surface area (Å²) in [5.74, 6) is 0.723. The lowest BCUT2D eigenvalue weighted by molar-refractivity contribution is 0.509. The Morgan fingerprint density at radius 3 is 2.57 bits per heavy atom. The van der Waals surface area contributed by atoms with Crippen molar-refractivity contribution in [1.82, 2.24) is 9.71 Å². The molecule has 0 atom stereocenters. The quantitative estimate of drug-likeness (QED) is 0.897. The van der Waals surface area contributed by atoms with Gasteiger partial charge in [-0.3, -0.25) is 0 Å². The third-order valence-corrected chi connectivity index (χ3v) is 6.01. The molecule has 1 N–H and O–H groups in total. The van der Waals surface area contributed by atoms with Gasteiger partial charge in [-0.1, -0.05) is 12.8 Å². The monoisotopic (exact) mass is 306 g/mol. The molecular formula is C14H18N4O2S. The number of hydrogen-bond donors (Lipinski definition) is 1. The van der Waals surface area contributed by atoms with Crippen LogP contribution in [0.4, 0.5) is 5.82 Å². The van der Waals surface area contributed by atoms with E-state index in [1.165, 1.54) is 6.20 Å². The number of rotatable bonds is 4. The molecule has 0 radical (unpaired) electrons. The summed E-state index contributed by atoms with van der Waals surface area (Å²) in [5.41, 5.74) is 0.506. The molecule has 2 aliphatic rings. The third-order valence-electron chi connectivity index (χ3n) is 4.17. The molecule has 6 nitrogen and oxygen atoms in total. The van der Waals surface area contributed by atoms with E-state index in [0.717, 1.165) is 31.5 Å². The van der Waals surface area contributed by atoms with E-state index in [9.17, 15) is 8.42 Å². The maximum absolute atomic E-state index is 12.2. The Morgan fingerprint density at radius 1 is 1.29 bits per heavy atom. The normalized spacial score (nSPS) is 20.2. The molecule has 1 saturated carbocycles. The topological polar surface area (TPSA) is 86.1 Å². The van der Waals surface area contributed by atoms with Crippen LogP contribution in [0.3, 0.4) is 0 Å². The van der Waals surface area contributed by atoms with Crippen LogP contribution in [0, 0.1) is 11.3 Å². The van der Waals surface area contributed by atoms with Crippen LogP contribution in [0.1, 0.15) is 31.2 Å². The van der Waals surface area contributed by atoms with Crippen molar-refractivity contribution in [3.8, 4) is 6.07 Å². The summed E-state index contributed by atoms with van der Waals surface area (Å²) >= 11 is 0. The van der Waals surface area contributed by atoms with Gasteiger partial charge in [0.25, 0.3) is 0 Å². The second-order valence-corrected chi connectivity index (χ2v) is 7.68. The highest BCUT2D eigenvalue weighted by Gasteiger charge is 2.39. The van der Waals surface area contributed by atoms with Gasteiger partial charge in [0.1, 0.15) is 17.1 Å². The van der Waals surface area contributed by atoms with Crippen molar-refractivity contribution in [3.63, 3.8) is 0 Å². The summed E-state index contributed by atoms with van der Waals surface area (Å²) in [5, 5.41) is 8.37. The van der Waals surface area contributed by atoms with Crippen LogP contribution in [0.2, 0.25) is 0 Å². The third kappa shape index (κ3) is 3.01. The van der Waals surface area contributed by atoms with E-state index < -0.39 is 10.0 Å². The summed E-state index contributed by atoms with van der Waals surface area (Å²) in [6.07, 6.45) is 5.63. The molecular weight excluding hydrogens is 288 g/mol. The zero-order valence-corrected chi connectivity index (χ0v) is 12.5. The molecule has 0 unspecified atom stereocenters. The fourth-order valence-corrected chi connectivity index (χ4v) is 4.48. The van der Waals surface area contributed by atoms with E-state index in [4.69, 9.17) is 5.26 Å². The molecule has 1 aliphatic carbocycles. The summed E-state index contributed by atoms with van der Waals surface area (Å²) in [6, 6.07) is 5.59. The van der Waals surface area contributed by atoms with E-state index in [-0.39, 0.29) is 11.3 Å². The lowest BCUT2D eigenvalue weighted by atomic mass is 10.2. The molecule has 3 rings (SSSR count). The highest BCUT2D eigenvalue weighted by molar-refractivity contribution is 7.90. The average Bonchev–Trinajstić information content (AvgIpc) is 2.89. The van der Waals surface area contributed by atoms with Crippen molar-refractivity contribution in [2.75, 3.05) is 18.0 Å². The van der Waals surface area contributed by atoms with Crippen LogP contribution in [-0.4, -0.2) is 37.8 Å². The van der Waals surface area contributed by atoms with E-state index in [1.807, 2.05) is 11.0 Å². The number of nitriles is 1. The minimum absolute atomic E-state index is 0.122. The van der Waals surface area contributed by atoms with Crippen LogP contribution in [0.25, 0.3) is 0 Å². The first kappa shape index (κ1) is 14.3. The summed E-state index contributed by atoms with van der Waals surface area (Å²) in [6.45, 7) is 0.919. The van der Waals surface area contributed by atoms with E-state index in [2.05, 4.69) is 9.71 Å². The van der Waals surface area contributed by atoms with Gasteiger partial charge in [-0.15, -0.1) is 0 Å². The molecule has 21 heavy (non-hydrogen) atoms. The number of pyridine rings is 1. The van der Waals surface area contributed by atoms with Gasteiger partial charge in [0, 0.05) is 25.3 Å². The molecule has 2 fully saturated rings. The van der Waals surface area contributed by atoms with Gasteiger partial charge in [-0.2, -0.15) is 5.26 Å². The number of nitrogens with zero attached hydrogens (tertiary/aromatic N) is 3. The van der Waals surface area contributed by atoms with Gasteiger partial charge in [0.2, 0.25) is 10.0 Å². The lowest BCUT2D eigenvalue weighted by Crippen LogP contribution is -2.58. The number of nitrogens with one attached hydrogen (secondary N) is 1. The number of anilines is 1. The van der Waals surface area contributed by atoms with Crippen molar-refractivity contribution >= 4 is 15.8 Å². The van der Waals surface area contributed by atoms with Gasteiger partial charge in [-0.05, 0) is 25.0 Å². The zero-order valence-electron chi connectivity index (χ0n) is 11.7. The maximum Gasteiger partial charge on any atom is 0.218 e. The molecule has 7 heteroatoms. The second-order valence-electron chi connectivity index (χ2n) is 5.69. The minimum atomic E-state index is -3.23. The first-order valence-electron chi connectivity index (χ1n) is 7.21. The molecule has 1 aromatic heterocycles. The SMILES string of the molecule is N#Cc1ccc(N2CC(S(=O)(=O)NC3CCCC3)C2)nc1. The zero-order chi connectivity index (χ0) is 14.9. The summed E-state index contributed by atoms with van der Waals surface area (Å²) in [7, 11) is -3.23. The van der Waals surface area contributed by atoms with E-state index >= 15 is 0 Å². The Bertz CT molecular complexity index is 639. The Labute approximate surface area is 124 Å². The number of aromatic nitrogens is 1. The molecule has 1 aliphatic heterocycles. The molecule has 2 heterocycles. The second kappa shape index (κ2) is 5.62. The Morgan fingerprint density at radius 2 is 2.00 bits per heavy atom. The molecule has 1 aromatic rings. The standard InChI is InChI=1S/C14H18N4O2S/c15-7-11-5-6-14(16-8-11)18-9-13(10-18)21(19,20)17-12-3-1-2-4-12/h5-6,8,12-13,17H,1-4,9-10H2. The van der Waals surface area contributed by atoms with Crippen LogP contribution in [0.15, 0.2) is 18.3 Å². The van der Waals surface area contributed by atoms with Crippen LogP contribution < -0.4 is 9.62 Å². The van der Waals surface area contributed by atoms with Crippen molar-refractivity contribution in [2.45, 2.75) is 37.0 Å². The first-order valence-corrected chi connectivity index (χ1v) is 8.75. The minimum Gasteiger partial charge on any atom is -0.354 e. The van der Waals surface area contributed by atoms with Crippen molar-refractivity contribution in [1.29, 1.82) is 5.26 Å². The van der Waals surface area contributed by atoms with Crippen LogP contribution in [-0.2, 0) is 10.0 Å². The Hall–Kier alpha value is -1.65. The Kier molecular flexibility index (Phi) is 3.83. The van der Waals surface area contributed by atoms with Crippen molar-refractivity contribution in [3.05, 3.63) is 23.9 Å². The highest BCUT2D eigenvalue weighted by atomic mass is 32.2. The Balaban J connectivity index is 1.57. The summed E-state index contributed by atoms with van der Waals surface area (Å²) in [4.78, 5) is 6.10. The highest BCUT2D eigenvalue weighted by Crippen LogP contribution is 2.24. The first-order chi connectivity index (χ1) is 10.1. The average molecular weight is 306 g/mol. The molecule has 112 valence electrons. The van der Waals surface area contributed by atoms with Crippen molar-refractivity contribution in [2.24, 2.45) is 0 Å². The predicted octanol–water partition coefficient (Wildman–Crippen LogP) is 1.00. The molecule has 0 aromatic carbocycles. The van der Waals surface area contributed by atoms with Crippen LogP contribution in [0.5, 0.6) is 0 Å². The number of sulfonamides is 1. The lowest BCUT2D eigenvalue weighted by Gasteiger charge is -2.39. The smallest absolute Gasteiger partial charge is 0.218 e. The fraction of sp³-hybridized carbons (Fsp3) is 0.571. The molecule has 0 spiro atoms. The van der Waals surface area contributed by atoms with Gasteiger partial charge in [-0.25, -0.2) is 18.1 Å². The van der Waals surface area contributed by atoms with Crippen LogP contribution >= 0.6 is 0 Å². The van der Waals surface area contributed by atoms with Gasteiger partial charge in [0.05, 0.1) is 5.56 Å². The van der Waals surface area contributed by atoms with Crippen molar-refractivity contribution < 1.29 is 8.42 Å². The maximum atomic E-state index is 12.2. The molecule has 0 amide bonds. The van der Waals surface area contributed by atoms with Gasteiger partial charge >= 0.3 is 0 Å². The molecule has 1 saturated heterocycles.